The summed E-state index contributed by atoms with van der Waals surface area (Å²) in [6.07, 6.45) is 1.61. The van der Waals surface area contributed by atoms with Crippen LogP contribution >= 0.6 is 11.3 Å². The summed E-state index contributed by atoms with van der Waals surface area (Å²) in [5.41, 5.74) is 0.633. The monoisotopic (exact) mass is 237 g/mol. The van der Waals surface area contributed by atoms with E-state index in [0.717, 1.165) is 9.88 Å². The van der Waals surface area contributed by atoms with Crippen LogP contribution in [-0.2, 0) is 6.42 Å². The summed E-state index contributed by atoms with van der Waals surface area (Å²) in [5.74, 6) is -0.212. The Balaban J connectivity index is 2.18. The van der Waals surface area contributed by atoms with Crippen LogP contribution in [0.2, 0.25) is 0 Å². The summed E-state index contributed by atoms with van der Waals surface area (Å²) in [6, 6.07) is 6.67. The Labute approximate surface area is 97.4 Å². The van der Waals surface area contributed by atoms with Crippen molar-refractivity contribution >= 4 is 11.3 Å². The van der Waals surface area contributed by atoms with Gasteiger partial charge in [0.15, 0.2) is 0 Å². The van der Waals surface area contributed by atoms with Gasteiger partial charge in [0.25, 0.3) is 0 Å². The minimum Gasteiger partial charge on any atom is -0.388 e. The molecule has 0 aliphatic heterocycles. The molecule has 0 bridgehead atoms. The Morgan fingerprint density at radius 2 is 2.19 bits per heavy atom. The third-order valence-corrected chi connectivity index (χ3v) is 3.45. The number of thiazole rings is 1. The van der Waals surface area contributed by atoms with Crippen molar-refractivity contribution in [1.82, 2.24) is 4.98 Å². The topological polar surface area (TPSA) is 33.1 Å². The van der Waals surface area contributed by atoms with Crippen molar-refractivity contribution in [3.8, 4) is 0 Å². The van der Waals surface area contributed by atoms with Gasteiger partial charge in [-0.2, -0.15) is 0 Å². The van der Waals surface area contributed by atoms with E-state index in [4.69, 9.17) is 0 Å². The number of aromatic nitrogens is 1. The fraction of sp³-hybridized carbons (Fsp3) is 0.250. The Bertz CT molecular complexity index is 481. The van der Waals surface area contributed by atoms with E-state index < -0.39 is 6.10 Å². The number of rotatable bonds is 3. The fourth-order valence-electron chi connectivity index (χ4n) is 1.40. The van der Waals surface area contributed by atoms with Gasteiger partial charge in [-0.1, -0.05) is 18.2 Å². The molecule has 2 rings (SSSR count). The summed E-state index contributed by atoms with van der Waals surface area (Å²) in [6.45, 7) is 1.69. The zero-order valence-electron chi connectivity index (χ0n) is 8.85. The summed E-state index contributed by atoms with van der Waals surface area (Å²) >= 11 is 1.42. The van der Waals surface area contributed by atoms with E-state index in [9.17, 15) is 9.50 Å². The molecule has 1 N–H and O–H groups in total. The molecule has 1 unspecified atom stereocenters. The van der Waals surface area contributed by atoms with Gasteiger partial charge in [-0.3, -0.25) is 0 Å². The molecule has 16 heavy (non-hydrogen) atoms. The molecule has 2 nitrogen and oxygen atoms in total. The molecule has 1 atom stereocenters. The smallest absolute Gasteiger partial charge is 0.126 e. The predicted octanol–water partition coefficient (Wildman–Crippen LogP) is 2.93. The first-order chi connectivity index (χ1) is 7.66. The molecular weight excluding hydrogens is 225 g/mol. The maximum Gasteiger partial charge on any atom is 0.126 e. The molecule has 1 aromatic carbocycles. The van der Waals surface area contributed by atoms with Gasteiger partial charge in [0.2, 0.25) is 0 Å². The van der Waals surface area contributed by atoms with Crippen molar-refractivity contribution in [2.45, 2.75) is 19.4 Å². The highest BCUT2D eigenvalue weighted by atomic mass is 32.1. The van der Waals surface area contributed by atoms with E-state index in [1.165, 1.54) is 17.4 Å². The molecular formula is C12H12FNOS. The second-order valence-electron chi connectivity index (χ2n) is 3.60. The molecule has 0 aliphatic carbocycles. The van der Waals surface area contributed by atoms with Gasteiger partial charge in [0.1, 0.15) is 5.82 Å². The Hall–Kier alpha value is -1.26. The summed E-state index contributed by atoms with van der Waals surface area (Å²) in [5, 5.41) is 10.2. The quantitative estimate of drug-likeness (QED) is 0.890. The average Bonchev–Trinajstić information content (AvgIpc) is 2.70. The molecule has 0 saturated heterocycles. The highest BCUT2D eigenvalue weighted by molar-refractivity contribution is 7.11. The normalized spacial score (nSPS) is 12.7. The second kappa shape index (κ2) is 4.72. The zero-order chi connectivity index (χ0) is 11.5. The number of hydrogen-bond acceptors (Lipinski definition) is 3. The van der Waals surface area contributed by atoms with E-state index in [0.29, 0.717) is 12.0 Å². The highest BCUT2D eigenvalue weighted by Crippen LogP contribution is 2.22. The van der Waals surface area contributed by atoms with E-state index in [1.54, 1.807) is 25.3 Å². The van der Waals surface area contributed by atoms with Gasteiger partial charge in [0.05, 0.1) is 16.0 Å². The first-order valence-electron chi connectivity index (χ1n) is 5.03. The van der Waals surface area contributed by atoms with Gasteiger partial charge in [-0.15, -0.1) is 11.3 Å². The van der Waals surface area contributed by atoms with Gasteiger partial charge >= 0.3 is 0 Å². The van der Waals surface area contributed by atoms with Crippen LogP contribution in [0.3, 0.4) is 0 Å². The van der Waals surface area contributed by atoms with Crippen molar-refractivity contribution in [3.63, 3.8) is 0 Å². The van der Waals surface area contributed by atoms with Crippen LogP contribution < -0.4 is 0 Å². The minimum atomic E-state index is -0.508. The molecule has 0 aliphatic rings. The number of nitrogens with zero attached hydrogens (tertiary/aromatic N) is 1. The second-order valence-corrected chi connectivity index (χ2v) is 4.75. The van der Waals surface area contributed by atoms with E-state index in [1.807, 2.05) is 6.07 Å². The maximum absolute atomic E-state index is 13.4. The van der Waals surface area contributed by atoms with Gasteiger partial charge in [0, 0.05) is 12.6 Å². The lowest BCUT2D eigenvalue weighted by atomic mass is 10.1. The van der Waals surface area contributed by atoms with E-state index in [-0.39, 0.29) is 5.82 Å². The molecule has 0 amide bonds. The molecule has 2 aromatic rings. The Morgan fingerprint density at radius 3 is 2.81 bits per heavy atom. The Kier molecular flexibility index (Phi) is 3.31. The van der Waals surface area contributed by atoms with Crippen molar-refractivity contribution in [2.75, 3.05) is 0 Å². The summed E-state index contributed by atoms with van der Waals surface area (Å²) in [7, 11) is 0. The van der Waals surface area contributed by atoms with Crippen LogP contribution in [0, 0.1) is 5.82 Å². The van der Waals surface area contributed by atoms with Crippen molar-refractivity contribution in [3.05, 3.63) is 51.7 Å². The number of hydrogen-bond donors (Lipinski definition) is 1. The number of halogens is 1. The van der Waals surface area contributed by atoms with Gasteiger partial charge < -0.3 is 5.11 Å². The lowest BCUT2D eigenvalue weighted by molar-refractivity contribution is 0.203. The third kappa shape index (κ3) is 2.46. The number of benzene rings is 1. The molecule has 0 spiro atoms. The maximum atomic E-state index is 13.4. The molecule has 1 heterocycles. The minimum absolute atomic E-state index is 0.212. The van der Waals surface area contributed by atoms with Crippen LogP contribution in [0.25, 0.3) is 0 Å². The van der Waals surface area contributed by atoms with Crippen molar-refractivity contribution < 1.29 is 9.50 Å². The Morgan fingerprint density at radius 1 is 1.44 bits per heavy atom. The number of aliphatic hydroxyl groups is 1. The third-order valence-electron chi connectivity index (χ3n) is 2.28. The molecule has 1 aromatic heterocycles. The SMILES string of the molecule is CC(O)c1cnc(Cc2ccccc2F)s1. The first kappa shape index (κ1) is 11.2. The summed E-state index contributed by atoms with van der Waals surface area (Å²) < 4.78 is 13.4. The molecule has 0 radical (unpaired) electrons. The molecule has 0 saturated carbocycles. The van der Waals surface area contributed by atoms with Crippen LogP contribution in [0.5, 0.6) is 0 Å². The molecule has 0 fully saturated rings. The van der Waals surface area contributed by atoms with E-state index in [2.05, 4.69) is 4.98 Å². The van der Waals surface area contributed by atoms with Crippen LogP contribution in [0.4, 0.5) is 4.39 Å². The first-order valence-corrected chi connectivity index (χ1v) is 5.84. The molecule has 84 valence electrons. The lowest BCUT2D eigenvalue weighted by Crippen LogP contribution is -1.90. The van der Waals surface area contributed by atoms with E-state index >= 15 is 0 Å². The number of aliphatic hydroxyl groups excluding tert-OH is 1. The fourth-order valence-corrected chi connectivity index (χ4v) is 2.29. The standard InChI is InChI=1S/C12H12FNOS/c1-8(15)11-7-14-12(16-11)6-9-4-2-3-5-10(9)13/h2-5,7-8,15H,6H2,1H3. The summed E-state index contributed by atoms with van der Waals surface area (Å²) in [4.78, 5) is 4.98. The lowest BCUT2D eigenvalue weighted by Gasteiger charge is -1.99. The largest absolute Gasteiger partial charge is 0.388 e. The predicted molar refractivity (Wildman–Crippen MR) is 62.0 cm³/mol. The van der Waals surface area contributed by atoms with Crippen LogP contribution in [0.15, 0.2) is 30.5 Å². The van der Waals surface area contributed by atoms with Crippen molar-refractivity contribution in [2.24, 2.45) is 0 Å². The van der Waals surface area contributed by atoms with Crippen molar-refractivity contribution in [1.29, 1.82) is 0 Å². The average molecular weight is 237 g/mol. The zero-order valence-corrected chi connectivity index (χ0v) is 9.67. The van der Waals surface area contributed by atoms with Gasteiger partial charge in [-0.25, -0.2) is 9.37 Å². The molecule has 4 heteroatoms. The van der Waals surface area contributed by atoms with Gasteiger partial charge in [-0.05, 0) is 18.6 Å². The van der Waals surface area contributed by atoms with Crippen LogP contribution in [0.1, 0.15) is 28.5 Å². The van der Waals surface area contributed by atoms with Crippen LogP contribution in [-0.4, -0.2) is 10.1 Å². The highest BCUT2D eigenvalue weighted by Gasteiger charge is 2.09.